The van der Waals surface area contributed by atoms with E-state index in [4.69, 9.17) is 10.2 Å². The highest BCUT2D eigenvalue weighted by atomic mass is 32.2. The largest absolute Gasteiger partial charge is 0.468 e. The Morgan fingerprint density at radius 2 is 2.14 bits per heavy atom. The van der Waals surface area contributed by atoms with E-state index < -0.39 is 10.0 Å². The number of nitrogens with two attached hydrogens (primary N) is 1. The van der Waals surface area contributed by atoms with Crippen LogP contribution in [0.2, 0.25) is 0 Å². The standard InChI is InChI=1S/C14H18N2O3S2/c15-11-8-14(20-10-11)21(17,18)16(12-4-1-2-5-12)9-13-6-3-7-19-13/h3,6-8,10,12H,1-2,4-5,9,15H2. The molecule has 0 unspecified atom stereocenters. The zero-order chi connectivity index (χ0) is 14.9. The van der Waals surface area contributed by atoms with Crippen LogP contribution in [0.4, 0.5) is 5.69 Å². The van der Waals surface area contributed by atoms with Crippen LogP contribution in [0.25, 0.3) is 0 Å². The molecule has 5 nitrogen and oxygen atoms in total. The third-order valence-electron chi connectivity index (χ3n) is 3.78. The van der Waals surface area contributed by atoms with Gasteiger partial charge in [0.1, 0.15) is 9.97 Å². The molecule has 1 saturated carbocycles. The van der Waals surface area contributed by atoms with Crippen LogP contribution in [-0.2, 0) is 16.6 Å². The molecule has 1 aliphatic carbocycles. The molecule has 0 spiro atoms. The van der Waals surface area contributed by atoms with Crippen molar-refractivity contribution in [2.75, 3.05) is 5.73 Å². The van der Waals surface area contributed by atoms with Gasteiger partial charge in [0.05, 0.1) is 12.8 Å². The normalized spacial score (nSPS) is 16.8. The number of nitrogen functional groups attached to an aromatic ring is 1. The average Bonchev–Trinajstić information content (AvgIpc) is 3.18. The van der Waals surface area contributed by atoms with E-state index in [0.717, 1.165) is 25.7 Å². The molecule has 0 aromatic carbocycles. The molecule has 21 heavy (non-hydrogen) atoms. The van der Waals surface area contributed by atoms with Gasteiger partial charge in [0, 0.05) is 17.1 Å². The fourth-order valence-electron chi connectivity index (χ4n) is 2.74. The van der Waals surface area contributed by atoms with Gasteiger partial charge >= 0.3 is 0 Å². The number of hydrogen-bond donors (Lipinski definition) is 1. The Kier molecular flexibility index (Phi) is 4.05. The summed E-state index contributed by atoms with van der Waals surface area (Å²) in [6.45, 7) is 0.276. The highest BCUT2D eigenvalue weighted by molar-refractivity contribution is 7.91. The number of sulfonamides is 1. The van der Waals surface area contributed by atoms with Gasteiger partial charge in [-0.05, 0) is 31.0 Å². The molecule has 7 heteroatoms. The van der Waals surface area contributed by atoms with Gasteiger partial charge in [-0.25, -0.2) is 8.42 Å². The Balaban J connectivity index is 1.93. The van der Waals surface area contributed by atoms with Gasteiger partial charge in [0.15, 0.2) is 0 Å². The molecule has 2 aromatic heterocycles. The molecule has 1 aliphatic rings. The zero-order valence-corrected chi connectivity index (χ0v) is 13.2. The van der Waals surface area contributed by atoms with Crippen molar-refractivity contribution in [2.45, 2.75) is 42.5 Å². The summed E-state index contributed by atoms with van der Waals surface area (Å²) in [5.74, 6) is 0.662. The second kappa shape index (κ2) is 5.82. The first-order chi connectivity index (χ1) is 10.1. The minimum Gasteiger partial charge on any atom is -0.468 e. The van der Waals surface area contributed by atoms with E-state index in [0.29, 0.717) is 15.7 Å². The monoisotopic (exact) mass is 326 g/mol. The Bertz CT molecular complexity index is 686. The molecule has 0 saturated heterocycles. The summed E-state index contributed by atoms with van der Waals surface area (Å²) in [5.41, 5.74) is 6.16. The van der Waals surface area contributed by atoms with Crippen molar-refractivity contribution in [3.05, 3.63) is 35.6 Å². The van der Waals surface area contributed by atoms with Crippen molar-refractivity contribution in [1.82, 2.24) is 4.31 Å². The molecule has 2 aromatic rings. The lowest BCUT2D eigenvalue weighted by molar-refractivity contribution is 0.292. The second-order valence-electron chi connectivity index (χ2n) is 5.27. The predicted octanol–water partition coefficient (Wildman–Crippen LogP) is 3.06. The molecular weight excluding hydrogens is 308 g/mol. The van der Waals surface area contributed by atoms with Crippen LogP contribution in [0.15, 0.2) is 38.5 Å². The lowest BCUT2D eigenvalue weighted by Gasteiger charge is -2.26. The topological polar surface area (TPSA) is 76.5 Å². The SMILES string of the molecule is Nc1csc(S(=O)(=O)N(Cc2ccco2)C2CCCC2)c1. The summed E-state index contributed by atoms with van der Waals surface area (Å²) in [4.78, 5) is 0. The first-order valence-electron chi connectivity index (χ1n) is 6.95. The molecular formula is C14H18N2O3S2. The summed E-state index contributed by atoms with van der Waals surface area (Å²) in [6, 6.07) is 5.16. The van der Waals surface area contributed by atoms with Crippen LogP contribution in [0, 0.1) is 0 Å². The minimum absolute atomic E-state index is 0.0448. The summed E-state index contributed by atoms with van der Waals surface area (Å²) in [7, 11) is -3.53. The Hall–Kier alpha value is -1.31. The van der Waals surface area contributed by atoms with Crippen LogP contribution in [0.3, 0.4) is 0 Å². The summed E-state index contributed by atoms with van der Waals surface area (Å²) in [6.07, 6.45) is 5.52. The van der Waals surface area contributed by atoms with E-state index in [2.05, 4.69) is 0 Å². The lowest BCUT2D eigenvalue weighted by atomic mass is 10.2. The first kappa shape index (κ1) is 14.6. The van der Waals surface area contributed by atoms with E-state index in [1.165, 1.54) is 17.4 Å². The van der Waals surface area contributed by atoms with Crippen molar-refractivity contribution in [3.63, 3.8) is 0 Å². The van der Waals surface area contributed by atoms with Crippen LogP contribution >= 0.6 is 11.3 Å². The molecule has 3 rings (SSSR count). The summed E-state index contributed by atoms with van der Waals surface area (Å²) in [5, 5.41) is 1.66. The van der Waals surface area contributed by atoms with Gasteiger partial charge in [-0.1, -0.05) is 12.8 Å². The van der Waals surface area contributed by atoms with Gasteiger partial charge < -0.3 is 10.2 Å². The van der Waals surface area contributed by atoms with Crippen LogP contribution in [0.1, 0.15) is 31.4 Å². The number of hydrogen-bond acceptors (Lipinski definition) is 5. The van der Waals surface area contributed by atoms with Crippen molar-refractivity contribution < 1.29 is 12.8 Å². The van der Waals surface area contributed by atoms with Crippen molar-refractivity contribution in [3.8, 4) is 0 Å². The maximum absolute atomic E-state index is 12.9. The van der Waals surface area contributed by atoms with Gasteiger partial charge in [-0.3, -0.25) is 0 Å². The van der Waals surface area contributed by atoms with E-state index >= 15 is 0 Å². The van der Waals surface area contributed by atoms with E-state index in [9.17, 15) is 8.42 Å². The van der Waals surface area contributed by atoms with Crippen molar-refractivity contribution in [2.24, 2.45) is 0 Å². The third-order valence-corrected chi connectivity index (χ3v) is 7.11. The highest BCUT2D eigenvalue weighted by Crippen LogP contribution is 2.33. The molecule has 114 valence electrons. The van der Waals surface area contributed by atoms with Gasteiger partial charge in [-0.2, -0.15) is 4.31 Å². The molecule has 2 heterocycles. The van der Waals surface area contributed by atoms with E-state index in [1.54, 1.807) is 28.1 Å². The van der Waals surface area contributed by atoms with Crippen LogP contribution in [-0.4, -0.2) is 18.8 Å². The Morgan fingerprint density at radius 1 is 1.38 bits per heavy atom. The summed E-state index contributed by atoms with van der Waals surface area (Å²) < 4.78 is 33.0. The fraction of sp³-hybridized carbons (Fsp3) is 0.429. The highest BCUT2D eigenvalue weighted by Gasteiger charge is 2.34. The number of rotatable bonds is 5. The maximum Gasteiger partial charge on any atom is 0.253 e. The van der Waals surface area contributed by atoms with E-state index in [-0.39, 0.29) is 12.6 Å². The molecule has 2 N–H and O–H groups in total. The fourth-order valence-corrected chi connectivity index (χ4v) is 5.60. The van der Waals surface area contributed by atoms with Crippen LogP contribution in [0.5, 0.6) is 0 Å². The van der Waals surface area contributed by atoms with E-state index in [1.807, 2.05) is 0 Å². The smallest absolute Gasteiger partial charge is 0.253 e. The summed E-state index contributed by atoms with van der Waals surface area (Å²) >= 11 is 1.17. The quantitative estimate of drug-likeness (QED) is 0.916. The number of anilines is 1. The Morgan fingerprint density at radius 3 is 2.71 bits per heavy atom. The number of furan rings is 1. The third kappa shape index (κ3) is 3.00. The molecule has 0 bridgehead atoms. The predicted molar refractivity (Wildman–Crippen MR) is 82.4 cm³/mol. The molecule has 0 amide bonds. The molecule has 0 atom stereocenters. The van der Waals surface area contributed by atoms with Crippen molar-refractivity contribution in [1.29, 1.82) is 0 Å². The van der Waals surface area contributed by atoms with Crippen molar-refractivity contribution >= 4 is 27.0 Å². The average molecular weight is 326 g/mol. The van der Waals surface area contributed by atoms with Gasteiger partial charge in [-0.15, -0.1) is 11.3 Å². The van der Waals surface area contributed by atoms with Crippen LogP contribution < -0.4 is 5.73 Å². The second-order valence-corrected chi connectivity index (χ2v) is 8.30. The number of nitrogens with zero attached hydrogens (tertiary/aromatic N) is 1. The first-order valence-corrected chi connectivity index (χ1v) is 9.27. The lowest BCUT2D eigenvalue weighted by Crippen LogP contribution is -2.37. The Labute approximate surface area is 128 Å². The van der Waals surface area contributed by atoms with Gasteiger partial charge in [0.25, 0.3) is 10.0 Å². The zero-order valence-electron chi connectivity index (χ0n) is 11.6. The molecule has 1 fully saturated rings. The van der Waals surface area contributed by atoms with Gasteiger partial charge in [0.2, 0.25) is 0 Å². The molecule has 0 radical (unpaired) electrons. The molecule has 0 aliphatic heterocycles. The minimum atomic E-state index is -3.53. The maximum atomic E-state index is 12.9. The number of thiophene rings is 1.